The lowest BCUT2D eigenvalue weighted by Gasteiger charge is -2.08. The van der Waals surface area contributed by atoms with E-state index in [0.717, 1.165) is 40.2 Å². The van der Waals surface area contributed by atoms with Crippen molar-refractivity contribution in [3.63, 3.8) is 0 Å². The molecule has 0 radical (unpaired) electrons. The van der Waals surface area contributed by atoms with Crippen LogP contribution in [0.5, 0.6) is 0 Å². The molecule has 0 spiro atoms. The lowest BCUT2D eigenvalue weighted by Crippen LogP contribution is -2.27. The molecule has 0 unspecified atom stereocenters. The van der Waals surface area contributed by atoms with Gasteiger partial charge >= 0.3 is 0 Å². The van der Waals surface area contributed by atoms with Crippen LogP contribution in [0.1, 0.15) is 11.1 Å². The minimum Gasteiger partial charge on any atom is -0.361 e. The molecule has 0 saturated carbocycles. The van der Waals surface area contributed by atoms with E-state index in [9.17, 15) is 17.2 Å². The van der Waals surface area contributed by atoms with Crippen molar-refractivity contribution in [1.29, 1.82) is 0 Å². The molecule has 4 nitrogen and oxygen atoms in total. The number of nitrogens with one attached hydrogen (secondary N) is 2. The maximum atomic E-state index is 13.6. The van der Waals surface area contributed by atoms with Crippen LogP contribution in [-0.4, -0.2) is 19.9 Å². The van der Waals surface area contributed by atoms with Crippen molar-refractivity contribution < 1.29 is 17.2 Å². The van der Waals surface area contributed by atoms with Crippen LogP contribution in [0.15, 0.2) is 47.5 Å². The van der Waals surface area contributed by atoms with E-state index in [1.165, 1.54) is 0 Å². The summed E-state index contributed by atoms with van der Waals surface area (Å²) in [4.78, 5) is 2.17. The molecule has 126 valence electrons. The van der Waals surface area contributed by atoms with Crippen LogP contribution >= 0.6 is 0 Å². The molecule has 3 rings (SSSR count). The number of sulfonamides is 1. The van der Waals surface area contributed by atoms with Gasteiger partial charge in [0, 0.05) is 23.6 Å². The highest BCUT2D eigenvalue weighted by Gasteiger charge is 2.23. The van der Waals surface area contributed by atoms with E-state index in [0.29, 0.717) is 6.42 Å². The van der Waals surface area contributed by atoms with Gasteiger partial charge in [-0.05, 0) is 43.2 Å². The lowest BCUT2D eigenvalue weighted by atomic mass is 10.1. The van der Waals surface area contributed by atoms with E-state index in [1.54, 1.807) is 0 Å². The Morgan fingerprint density at radius 1 is 1.12 bits per heavy atom. The van der Waals surface area contributed by atoms with Crippen molar-refractivity contribution >= 4 is 20.9 Å². The zero-order chi connectivity index (χ0) is 17.3. The molecular formula is C17H16F2N2O2S. The molecular weight excluding hydrogens is 334 g/mol. The number of hydrogen-bond acceptors (Lipinski definition) is 2. The van der Waals surface area contributed by atoms with Crippen molar-refractivity contribution in [2.24, 2.45) is 0 Å². The van der Waals surface area contributed by atoms with Gasteiger partial charge in [-0.2, -0.15) is 0 Å². The largest absolute Gasteiger partial charge is 0.361 e. The van der Waals surface area contributed by atoms with E-state index in [2.05, 4.69) is 9.71 Å². The number of aromatic nitrogens is 1. The van der Waals surface area contributed by atoms with E-state index >= 15 is 0 Å². The first kappa shape index (κ1) is 16.6. The molecule has 2 aromatic carbocycles. The predicted molar refractivity (Wildman–Crippen MR) is 88.3 cm³/mol. The summed E-state index contributed by atoms with van der Waals surface area (Å²) in [5.41, 5.74) is 2.99. The minimum absolute atomic E-state index is 0.0387. The van der Waals surface area contributed by atoms with Gasteiger partial charge in [0.25, 0.3) is 0 Å². The number of rotatable bonds is 5. The first-order valence-electron chi connectivity index (χ1n) is 7.39. The zero-order valence-corrected chi connectivity index (χ0v) is 13.8. The van der Waals surface area contributed by atoms with Gasteiger partial charge in [-0.1, -0.05) is 17.7 Å². The summed E-state index contributed by atoms with van der Waals surface area (Å²) >= 11 is 0. The van der Waals surface area contributed by atoms with Gasteiger partial charge in [-0.25, -0.2) is 21.9 Å². The summed E-state index contributed by atoms with van der Waals surface area (Å²) < 4.78 is 53.8. The van der Waals surface area contributed by atoms with E-state index in [4.69, 9.17) is 0 Å². The molecule has 0 aliphatic carbocycles. The zero-order valence-electron chi connectivity index (χ0n) is 12.9. The smallest absolute Gasteiger partial charge is 0.246 e. The molecule has 0 fully saturated rings. The number of aromatic amines is 1. The van der Waals surface area contributed by atoms with Crippen LogP contribution in [0.2, 0.25) is 0 Å². The normalized spacial score (nSPS) is 12.0. The van der Waals surface area contributed by atoms with Gasteiger partial charge in [0.2, 0.25) is 10.0 Å². The van der Waals surface area contributed by atoms with Crippen LogP contribution in [0.25, 0.3) is 10.9 Å². The maximum absolute atomic E-state index is 13.6. The highest BCUT2D eigenvalue weighted by atomic mass is 32.2. The quantitative estimate of drug-likeness (QED) is 0.742. The first-order chi connectivity index (χ1) is 11.4. The van der Waals surface area contributed by atoms with E-state index in [-0.39, 0.29) is 6.54 Å². The van der Waals surface area contributed by atoms with Crippen molar-refractivity contribution in [3.05, 3.63) is 65.4 Å². The van der Waals surface area contributed by atoms with Crippen molar-refractivity contribution in [2.75, 3.05) is 6.54 Å². The van der Waals surface area contributed by atoms with Gasteiger partial charge in [0.1, 0.15) is 11.6 Å². The molecule has 0 aliphatic heterocycles. The number of halogens is 2. The molecule has 24 heavy (non-hydrogen) atoms. The monoisotopic (exact) mass is 350 g/mol. The fourth-order valence-corrected chi connectivity index (χ4v) is 3.80. The molecule has 3 aromatic rings. The number of benzene rings is 2. The first-order valence-corrected chi connectivity index (χ1v) is 8.87. The Balaban J connectivity index is 1.77. The van der Waals surface area contributed by atoms with Gasteiger partial charge in [0.15, 0.2) is 4.90 Å². The molecule has 7 heteroatoms. The Labute approximate surface area is 138 Å². The van der Waals surface area contributed by atoms with Crippen LogP contribution in [0, 0.1) is 18.6 Å². The van der Waals surface area contributed by atoms with Gasteiger partial charge in [-0.15, -0.1) is 0 Å². The number of H-pyrrole nitrogens is 1. The summed E-state index contributed by atoms with van der Waals surface area (Å²) in [6.45, 7) is 2.01. The SMILES string of the molecule is Cc1ccc2[nH]cc(CCNS(=O)(=O)c3c(F)cccc3F)c2c1. The molecule has 0 bridgehead atoms. The fraction of sp³-hybridized carbons (Fsp3) is 0.176. The number of hydrogen-bond donors (Lipinski definition) is 2. The maximum Gasteiger partial charge on any atom is 0.246 e. The third-order valence-electron chi connectivity index (χ3n) is 3.80. The topological polar surface area (TPSA) is 62.0 Å². The molecule has 0 saturated heterocycles. The average molecular weight is 350 g/mol. The van der Waals surface area contributed by atoms with Crippen LogP contribution in [0.4, 0.5) is 8.78 Å². The van der Waals surface area contributed by atoms with E-state index in [1.807, 2.05) is 31.3 Å². The van der Waals surface area contributed by atoms with Gasteiger partial charge in [-0.3, -0.25) is 0 Å². The van der Waals surface area contributed by atoms with Crippen LogP contribution in [0.3, 0.4) is 0 Å². The lowest BCUT2D eigenvalue weighted by molar-refractivity contribution is 0.514. The Bertz CT molecular complexity index is 977. The Hall–Kier alpha value is -2.25. The number of fused-ring (bicyclic) bond motifs is 1. The van der Waals surface area contributed by atoms with Gasteiger partial charge in [0.05, 0.1) is 0 Å². The fourth-order valence-electron chi connectivity index (χ4n) is 2.63. The van der Waals surface area contributed by atoms with Gasteiger partial charge < -0.3 is 4.98 Å². The highest BCUT2D eigenvalue weighted by molar-refractivity contribution is 7.89. The molecule has 0 atom stereocenters. The average Bonchev–Trinajstić information content (AvgIpc) is 2.89. The van der Waals surface area contributed by atoms with Crippen LogP contribution in [-0.2, 0) is 16.4 Å². The Kier molecular flexibility index (Phi) is 4.38. The minimum atomic E-state index is -4.25. The third kappa shape index (κ3) is 3.18. The molecule has 1 aromatic heterocycles. The number of aryl methyl sites for hydroxylation is 1. The van der Waals surface area contributed by atoms with Crippen molar-refractivity contribution in [3.8, 4) is 0 Å². The second-order valence-corrected chi connectivity index (χ2v) is 7.27. The summed E-state index contributed by atoms with van der Waals surface area (Å²) in [6, 6.07) is 8.89. The van der Waals surface area contributed by atoms with Crippen molar-refractivity contribution in [2.45, 2.75) is 18.2 Å². The standard InChI is InChI=1S/C17H16F2N2O2S/c1-11-5-6-16-13(9-11)12(10-20-16)7-8-21-24(22,23)17-14(18)3-2-4-15(17)19/h2-6,9-10,20-21H,7-8H2,1H3. The molecule has 2 N–H and O–H groups in total. The highest BCUT2D eigenvalue weighted by Crippen LogP contribution is 2.21. The van der Waals surface area contributed by atoms with Crippen molar-refractivity contribution in [1.82, 2.24) is 9.71 Å². The second kappa shape index (κ2) is 6.33. The molecule has 0 amide bonds. The van der Waals surface area contributed by atoms with E-state index < -0.39 is 26.6 Å². The summed E-state index contributed by atoms with van der Waals surface area (Å²) in [6.07, 6.45) is 2.21. The predicted octanol–water partition coefficient (Wildman–Crippen LogP) is 3.28. The Morgan fingerprint density at radius 2 is 1.83 bits per heavy atom. The second-order valence-electron chi connectivity index (χ2n) is 5.56. The van der Waals surface area contributed by atoms with Crippen LogP contribution < -0.4 is 4.72 Å². The summed E-state index contributed by atoms with van der Waals surface area (Å²) in [5.74, 6) is -2.21. The summed E-state index contributed by atoms with van der Waals surface area (Å²) in [7, 11) is -4.25. The molecule has 1 heterocycles. The molecule has 0 aliphatic rings. The Morgan fingerprint density at radius 3 is 2.54 bits per heavy atom. The third-order valence-corrected chi connectivity index (χ3v) is 5.31. The summed E-state index contributed by atoms with van der Waals surface area (Å²) in [5, 5.41) is 1.01.